The number of hydrogen-bond acceptors (Lipinski definition) is 3. The van der Waals surface area contributed by atoms with Gasteiger partial charge in [0.15, 0.2) is 0 Å². The SMILES string of the molecule is O=C(Nc1ccccc1)Sc1ccc(O)cc1. The highest BCUT2D eigenvalue weighted by Gasteiger charge is 2.04. The molecule has 0 bridgehead atoms. The number of thioether (sulfide) groups is 1. The first kappa shape index (κ1) is 11.5. The molecule has 0 saturated heterocycles. The molecular weight excluding hydrogens is 234 g/mol. The Labute approximate surface area is 103 Å². The molecule has 2 aromatic rings. The molecule has 4 heteroatoms. The minimum atomic E-state index is -0.151. The molecule has 0 aliphatic heterocycles. The van der Waals surface area contributed by atoms with Crippen LogP contribution in [0.15, 0.2) is 59.5 Å². The fourth-order valence-corrected chi connectivity index (χ4v) is 1.94. The number of hydrogen-bond donors (Lipinski definition) is 2. The van der Waals surface area contributed by atoms with E-state index in [0.717, 1.165) is 22.3 Å². The van der Waals surface area contributed by atoms with Crippen LogP contribution in [0.1, 0.15) is 0 Å². The summed E-state index contributed by atoms with van der Waals surface area (Å²) in [6.07, 6.45) is 0. The number of carbonyl (C=O) groups excluding carboxylic acids is 1. The standard InChI is InChI=1S/C13H11NO2S/c15-11-6-8-12(9-7-11)17-13(16)14-10-4-2-1-3-5-10/h1-9,15H,(H,14,16). The largest absolute Gasteiger partial charge is 0.508 e. The van der Waals surface area contributed by atoms with E-state index in [1.165, 1.54) is 0 Å². The summed E-state index contributed by atoms with van der Waals surface area (Å²) in [6.45, 7) is 0. The first-order valence-corrected chi connectivity index (χ1v) is 5.88. The van der Waals surface area contributed by atoms with E-state index >= 15 is 0 Å². The van der Waals surface area contributed by atoms with Crippen molar-refractivity contribution >= 4 is 22.7 Å². The molecule has 0 atom stereocenters. The summed E-state index contributed by atoms with van der Waals surface area (Å²) in [5.74, 6) is 0.192. The van der Waals surface area contributed by atoms with Gasteiger partial charge in [-0.3, -0.25) is 4.79 Å². The van der Waals surface area contributed by atoms with Crippen LogP contribution in [0.3, 0.4) is 0 Å². The van der Waals surface area contributed by atoms with Crippen molar-refractivity contribution < 1.29 is 9.90 Å². The molecular formula is C13H11NO2S. The van der Waals surface area contributed by atoms with E-state index in [1.807, 2.05) is 30.3 Å². The third kappa shape index (κ3) is 3.53. The van der Waals surface area contributed by atoms with E-state index in [4.69, 9.17) is 5.11 Å². The summed E-state index contributed by atoms with van der Waals surface area (Å²) in [6, 6.07) is 15.8. The number of rotatable bonds is 2. The third-order valence-corrected chi connectivity index (χ3v) is 2.86. The van der Waals surface area contributed by atoms with Crippen molar-refractivity contribution in [3.05, 3.63) is 54.6 Å². The molecule has 1 amide bonds. The summed E-state index contributed by atoms with van der Waals surface area (Å²) in [5.41, 5.74) is 0.767. The molecule has 0 spiro atoms. The molecule has 0 heterocycles. The van der Waals surface area contributed by atoms with E-state index in [1.54, 1.807) is 24.3 Å². The van der Waals surface area contributed by atoms with Crippen molar-refractivity contribution in [1.82, 2.24) is 0 Å². The third-order valence-electron chi connectivity index (χ3n) is 2.07. The van der Waals surface area contributed by atoms with Gasteiger partial charge in [0.2, 0.25) is 0 Å². The Morgan fingerprint density at radius 2 is 1.65 bits per heavy atom. The van der Waals surface area contributed by atoms with Crippen LogP contribution >= 0.6 is 11.8 Å². The number of phenols is 1. The van der Waals surface area contributed by atoms with Gasteiger partial charge in [-0.15, -0.1) is 0 Å². The minimum Gasteiger partial charge on any atom is -0.508 e. The van der Waals surface area contributed by atoms with Gasteiger partial charge in [0.25, 0.3) is 5.24 Å². The predicted molar refractivity (Wildman–Crippen MR) is 69.4 cm³/mol. The molecule has 2 N–H and O–H groups in total. The first-order valence-electron chi connectivity index (χ1n) is 5.07. The normalized spacial score (nSPS) is 9.88. The van der Waals surface area contributed by atoms with Crippen LogP contribution in [0.5, 0.6) is 5.75 Å². The molecule has 0 aliphatic rings. The Morgan fingerprint density at radius 3 is 2.29 bits per heavy atom. The van der Waals surface area contributed by atoms with E-state index in [0.29, 0.717) is 0 Å². The lowest BCUT2D eigenvalue weighted by Crippen LogP contribution is -2.03. The average molecular weight is 245 g/mol. The Morgan fingerprint density at radius 1 is 1.00 bits per heavy atom. The maximum atomic E-state index is 11.7. The maximum absolute atomic E-state index is 11.7. The summed E-state index contributed by atoms with van der Waals surface area (Å²) < 4.78 is 0. The van der Waals surface area contributed by atoms with Crippen LogP contribution in [0.25, 0.3) is 0 Å². The quantitative estimate of drug-likeness (QED) is 0.793. The summed E-state index contributed by atoms with van der Waals surface area (Å²) in [4.78, 5) is 12.4. The first-order chi connectivity index (χ1) is 8.24. The molecule has 3 nitrogen and oxygen atoms in total. The van der Waals surface area contributed by atoms with E-state index in [2.05, 4.69) is 5.32 Å². The lowest BCUT2D eigenvalue weighted by atomic mass is 10.3. The number of anilines is 1. The van der Waals surface area contributed by atoms with Gasteiger partial charge in [0, 0.05) is 10.6 Å². The van der Waals surface area contributed by atoms with Crippen LogP contribution in [0.2, 0.25) is 0 Å². The monoisotopic (exact) mass is 245 g/mol. The van der Waals surface area contributed by atoms with Gasteiger partial charge in [0.1, 0.15) is 5.75 Å². The van der Waals surface area contributed by atoms with Crippen molar-refractivity contribution in [1.29, 1.82) is 0 Å². The van der Waals surface area contributed by atoms with Crippen molar-refractivity contribution in [2.75, 3.05) is 5.32 Å². The Hall–Kier alpha value is -1.94. The topological polar surface area (TPSA) is 49.3 Å². The van der Waals surface area contributed by atoms with Crippen LogP contribution in [0.4, 0.5) is 10.5 Å². The molecule has 17 heavy (non-hydrogen) atoms. The zero-order valence-corrected chi connectivity index (χ0v) is 9.78. The van der Waals surface area contributed by atoms with Gasteiger partial charge in [-0.2, -0.15) is 0 Å². The number of amides is 1. The van der Waals surface area contributed by atoms with Crippen LogP contribution in [0, 0.1) is 0 Å². The van der Waals surface area contributed by atoms with Gasteiger partial charge in [-0.05, 0) is 48.2 Å². The van der Waals surface area contributed by atoms with Crippen LogP contribution in [-0.2, 0) is 0 Å². The second-order valence-electron chi connectivity index (χ2n) is 3.37. The summed E-state index contributed by atoms with van der Waals surface area (Å²) >= 11 is 1.09. The number of carbonyl (C=O) groups is 1. The van der Waals surface area contributed by atoms with Crippen molar-refractivity contribution in [3.8, 4) is 5.75 Å². The Kier molecular flexibility index (Phi) is 3.67. The van der Waals surface area contributed by atoms with E-state index < -0.39 is 0 Å². The van der Waals surface area contributed by atoms with Gasteiger partial charge >= 0.3 is 0 Å². The molecule has 2 aromatic carbocycles. The number of nitrogens with one attached hydrogen (secondary N) is 1. The van der Waals surface area contributed by atoms with Crippen molar-refractivity contribution in [2.24, 2.45) is 0 Å². The molecule has 0 unspecified atom stereocenters. The zero-order chi connectivity index (χ0) is 12.1. The Bertz CT molecular complexity index is 497. The van der Waals surface area contributed by atoms with Crippen LogP contribution < -0.4 is 5.32 Å². The number of aromatic hydroxyl groups is 1. The lowest BCUT2D eigenvalue weighted by Gasteiger charge is -2.04. The highest BCUT2D eigenvalue weighted by molar-refractivity contribution is 8.13. The molecule has 0 aliphatic carbocycles. The van der Waals surface area contributed by atoms with Gasteiger partial charge in [-0.1, -0.05) is 18.2 Å². The number of phenolic OH excluding ortho intramolecular Hbond substituents is 1. The van der Waals surface area contributed by atoms with Gasteiger partial charge < -0.3 is 10.4 Å². The lowest BCUT2D eigenvalue weighted by molar-refractivity contribution is 0.270. The molecule has 0 saturated carbocycles. The molecule has 2 rings (SSSR count). The average Bonchev–Trinajstić information content (AvgIpc) is 2.33. The van der Waals surface area contributed by atoms with E-state index in [-0.39, 0.29) is 11.0 Å². The highest BCUT2D eigenvalue weighted by atomic mass is 32.2. The fourth-order valence-electron chi connectivity index (χ4n) is 1.29. The second kappa shape index (κ2) is 5.41. The Balaban J connectivity index is 1.96. The molecule has 86 valence electrons. The van der Waals surface area contributed by atoms with Crippen LogP contribution in [-0.4, -0.2) is 10.3 Å². The molecule has 0 fully saturated rings. The maximum Gasteiger partial charge on any atom is 0.288 e. The highest BCUT2D eigenvalue weighted by Crippen LogP contribution is 2.22. The fraction of sp³-hybridized carbons (Fsp3) is 0. The van der Waals surface area contributed by atoms with E-state index in [9.17, 15) is 4.79 Å². The molecule has 0 aromatic heterocycles. The smallest absolute Gasteiger partial charge is 0.288 e. The molecule has 0 radical (unpaired) electrons. The number of benzene rings is 2. The second-order valence-corrected chi connectivity index (χ2v) is 4.42. The predicted octanol–water partition coefficient (Wildman–Crippen LogP) is 3.72. The summed E-state index contributed by atoms with van der Waals surface area (Å²) in [7, 11) is 0. The van der Waals surface area contributed by atoms with Crippen molar-refractivity contribution in [2.45, 2.75) is 4.90 Å². The zero-order valence-electron chi connectivity index (χ0n) is 8.96. The van der Waals surface area contributed by atoms with Gasteiger partial charge in [0.05, 0.1) is 0 Å². The van der Waals surface area contributed by atoms with Crippen molar-refractivity contribution in [3.63, 3.8) is 0 Å². The number of para-hydroxylation sites is 1. The van der Waals surface area contributed by atoms with Gasteiger partial charge in [-0.25, -0.2) is 0 Å². The minimum absolute atomic E-state index is 0.151. The summed E-state index contributed by atoms with van der Waals surface area (Å²) in [5, 5.41) is 11.7.